The molecular weight excluding hydrogens is 258 g/mol. The quantitative estimate of drug-likeness (QED) is 0.740. The van der Waals surface area contributed by atoms with Gasteiger partial charge in [0.05, 0.1) is 0 Å². The zero-order valence-corrected chi connectivity index (χ0v) is 14.2. The first kappa shape index (κ1) is 16.5. The lowest BCUT2D eigenvalue weighted by atomic mass is 9.74. The first-order chi connectivity index (χ1) is 10.3. The Morgan fingerprint density at radius 2 is 2.00 bits per heavy atom. The van der Waals surface area contributed by atoms with E-state index in [0.717, 1.165) is 19.5 Å². The van der Waals surface area contributed by atoms with Crippen LogP contribution >= 0.6 is 0 Å². The van der Waals surface area contributed by atoms with Crippen molar-refractivity contribution < 1.29 is 0 Å². The summed E-state index contributed by atoms with van der Waals surface area (Å²) in [5, 5.41) is 3.86. The molecule has 1 aliphatic rings. The van der Waals surface area contributed by atoms with Crippen molar-refractivity contribution in [3.8, 4) is 0 Å². The number of imidazole rings is 1. The Kier molecular flexibility index (Phi) is 6.28. The Balaban J connectivity index is 2.13. The monoisotopic (exact) mass is 291 g/mol. The summed E-state index contributed by atoms with van der Waals surface area (Å²) in [4.78, 5) is 4.64. The van der Waals surface area contributed by atoms with Gasteiger partial charge in [-0.2, -0.15) is 0 Å². The molecule has 0 aromatic carbocycles. The standard InChI is InChI=1S/C18H33N3/c1-4-11-19-16(18(6-3)9-7-8-10-18)15-17-20-12-14-21(17)13-5-2/h12,14,16,19H,4-11,13,15H2,1-3H3. The largest absolute Gasteiger partial charge is 0.335 e. The first-order valence-corrected chi connectivity index (χ1v) is 8.99. The average molecular weight is 291 g/mol. The van der Waals surface area contributed by atoms with E-state index in [1.54, 1.807) is 0 Å². The van der Waals surface area contributed by atoms with Gasteiger partial charge in [-0.1, -0.05) is 33.6 Å². The molecule has 0 radical (unpaired) electrons. The van der Waals surface area contributed by atoms with Gasteiger partial charge < -0.3 is 9.88 Å². The summed E-state index contributed by atoms with van der Waals surface area (Å²) < 4.78 is 2.35. The van der Waals surface area contributed by atoms with Gasteiger partial charge in [0.15, 0.2) is 0 Å². The molecule has 2 rings (SSSR count). The van der Waals surface area contributed by atoms with Crippen LogP contribution in [-0.4, -0.2) is 22.1 Å². The van der Waals surface area contributed by atoms with E-state index in [2.05, 4.69) is 41.8 Å². The topological polar surface area (TPSA) is 29.9 Å². The summed E-state index contributed by atoms with van der Waals surface area (Å²) in [5.74, 6) is 1.27. The molecule has 1 N–H and O–H groups in total. The fourth-order valence-corrected chi connectivity index (χ4v) is 4.01. The molecule has 0 saturated heterocycles. The third-order valence-corrected chi connectivity index (χ3v) is 5.34. The number of rotatable bonds is 9. The highest BCUT2D eigenvalue weighted by Crippen LogP contribution is 2.44. The zero-order valence-electron chi connectivity index (χ0n) is 14.2. The highest BCUT2D eigenvalue weighted by Gasteiger charge is 2.39. The van der Waals surface area contributed by atoms with Crippen LogP contribution in [0, 0.1) is 5.41 Å². The molecule has 0 amide bonds. The van der Waals surface area contributed by atoms with E-state index in [0.29, 0.717) is 11.5 Å². The van der Waals surface area contributed by atoms with Crippen LogP contribution < -0.4 is 5.32 Å². The van der Waals surface area contributed by atoms with Crippen molar-refractivity contribution in [2.75, 3.05) is 6.54 Å². The van der Waals surface area contributed by atoms with E-state index in [4.69, 9.17) is 0 Å². The lowest BCUT2D eigenvalue weighted by Crippen LogP contribution is -2.46. The van der Waals surface area contributed by atoms with Gasteiger partial charge in [0.1, 0.15) is 5.82 Å². The second-order valence-corrected chi connectivity index (χ2v) is 6.67. The number of aromatic nitrogens is 2. The second-order valence-electron chi connectivity index (χ2n) is 6.67. The predicted octanol–water partition coefficient (Wildman–Crippen LogP) is 4.17. The normalized spacial score (nSPS) is 19.0. The lowest BCUT2D eigenvalue weighted by Gasteiger charge is -2.38. The number of nitrogens with one attached hydrogen (secondary N) is 1. The summed E-state index contributed by atoms with van der Waals surface area (Å²) in [6.45, 7) is 9.09. The van der Waals surface area contributed by atoms with Crippen molar-refractivity contribution in [3.05, 3.63) is 18.2 Å². The van der Waals surface area contributed by atoms with E-state index in [1.165, 1.54) is 50.8 Å². The Morgan fingerprint density at radius 3 is 2.62 bits per heavy atom. The Bertz CT molecular complexity index is 404. The number of aryl methyl sites for hydroxylation is 1. The van der Waals surface area contributed by atoms with Crippen molar-refractivity contribution in [3.63, 3.8) is 0 Å². The maximum absolute atomic E-state index is 4.64. The third kappa shape index (κ3) is 3.88. The van der Waals surface area contributed by atoms with Gasteiger partial charge in [0.25, 0.3) is 0 Å². The lowest BCUT2D eigenvalue weighted by molar-refractivity contribution is 0.181. The smallest absolute Gasteiger partial charge is 0.110 e. The van der Waals surface area contributed by atoms with E-state index in [9.17, 15) is 0 Å². The SMILES string of the molecule is CCCNC(Cc1nccn1CCC)C1(CC)CCCC1. The molecule has 0 spiro atoms. The molecule has 1 unspecified atom stereocenters. The summed E-state index contributed by atoms with van der Waals surface area (Å²) in [7, 11) is 0. The predicted molar refractivity (Wildman–Crippen MR) is 89.5 cm³/mol. The van der Waals surface area contributed by atoms with Gasteiger partial charge in [-0.25, -0.2) is 4.98 Å². The van der Waals surface area contributed by atoms with Crippen LogP contribution in [-0.2, 0) is 13.0 Å². The Hall–Kier alpha value is -0.830. The molecule has 3 heteroatoms. The maximum Gasteiger partial charge on any atom is 0.110 e. The summed E-state index contributed by atoms with van der Waals surface area (Å²) in [6.07, 6.45) is 14.5. The molecule has 3 nitrogen and oxygen atoms in total. The fourth-order valence-electron chi connectivity index (χ4n) is 4.01. The molecular formula is C18H33N3. The van der Waals surface area contributed by atoms with Crippen molar-refractivity contribution in [2.24, 2.45) is 5.41 Å². The summed E-state index contributed by atoms with van der Waals surface area (Å²) >= 11 is 0. The molecule has 1 fully saturated rings. The molecule has 1 heterocycles. The van der Waals surface area contributed by atoms with Gasteiger partial charge >= 0.3 is 0 Å². The molecule has 1 aliphatic carbocycles. The molecule has 0 aliphatic heterocycles. The number of hydrogen-bond acceptors (Lipinski definition) is 2. The minimum Gasteiger partial charge on any atom is -0.335 e. The fraction of sp³-hybridized carbons (Fsp3) is 0.833. The minimum atomic E-state index is 0.498. The minimum absolute atomic E-state index is 0.498. The Morgan fingerprint density at radius 1 is 1.24 bits per heavy atom. The molecule has 120 valence electrons. The summed E-state index contributed by atoms with van der Waals surface area (Å²) in [6, 6.07) is 0.586. The highest BCUT2D eigenvalue weighted by atomic mass is 15.1. The van der Waals surface area contributed by atoms with Crippen molar-refractivity contribution in [2.45, 2.75) is 84.7 Å². The van der Waals surface area contributed by atoms with Crippen LogP contribution in [0.25, 0.3) is 0 Å². The van der Waals surface area contributed by atoms with E-state index >= 15 is 0 Å². The van der Waals surface area contributed by atoms with Gasteiger partial charge in [-0.15, -0.1) is 0 Å². The number of nitrogens with zero attached hydrogens (tertiary/aromatic N) is 2. The molecule has 1 aromatic rings. The Labute approximate surface area is 130 Å². The van der Waals surface area contributed by atoms with E-state index < -0.39 is 0 Å². The molecule has 21 heavy (non-hydrogen) atoms. The number of hydrogen-bond donors (Lipinski definition) is 1. The molecule has 1 aromatic heterocycles. The van der Waals surface area contributed by atoms with E-state index in [-0.39, 0.29) is 0 Å². The summed E-state index contributed by atoms with van der Waals surface area (Å²) in [5.41, 5.74) is 0.498. The molecule has 1 atom stereocenters. The van der Waals surface area contributed by atoms with Crippen molar-refractivity contribution in [1.29, 1.82) is 0 Å². The first-order valence-electron chi connectivity index (χ1n) is 8.99. The van der Waals surface area contributed by atoms with Crippen LogP contribution in [0.1, 0.15) is 71.5 Å². The molecule has 1 saturated carbocycles. The molecule has 0 bridgehead atoms. The van der Waals surface area contributed by atoms with Gasteiger partial charge in [0, 0.05) is 31.4 Å². The second kappa shape index (κ2) is 7.98. The van der Waals surface area contributed by atoms with Crippen LogP contribution in [0.3, 0.4) is 0 Å². The van der Waals surface area contributed by atoms with Crippen molar-refractivity contribution in [1.82, 2.24) is 14.9 Å². The van der Waals surface area contributed by atoms with Crippen molar-refractivity contribution >= 4 is 0 Å². The maximum atomic E-state index is 4.64. The van der Waals surface area contributed by atoms with E-state index in [1.807, 2.05) is 6.20 Å². The van der Waals surface area contributed by atoms with Gasteiger partial charge in [-0.05, 0) is 44.1 Å². The van der Waals surface area contributed by atoms with Crippen LogP contribution in [0.2, 0.25) is 0 Å². The van der Waals surface area contributed by atoms with Gasteiger partial charge in [-0.3, -0.25) is 0 Å². The zero-order chi connectivity index (χ0) is 15.1. The third-order valence-electron chi connectivity index (χ3n) is 5.34. The van der Waals surface area contributed by atoms with Crippen LogP contribution in [0.4, 0.5) is 0 Å². The average Bonchev–Trinajstić information content (AvgIpc) is 3.14. The van der Waals surface area contributed by atoms with Crippen LogP contribution in [0.5, 0.6) is 0 Å². The van der Waals surface area contributed by atoms with Crippen LogP contribution in [0.15, 0.2) is 12.4 Å². The van der Waals surface area contributed by atoms with Gasteiger partial charge in [0.2, 0.25) is 0 Å². The highest BCUT2D eigenvalue weighted by molar-refractivity contribution is 5.02.